The van der Waals surface area contributed by atoms with Crippen molar-refractivity contribution in [3.05, 3.63) is 11.1 Å². The van der Waals surface area contributed by atoms with Crippen molar-refractivity contribution >= 4 is 23.2 Å². The van der Waals surface area contributed by atoms with E-state index in [1.165, 1.54) is 6.92 Å². The van der Waals surface area contributed by atoms with E-state index in [4.69, 9.17) is 12.2 Å². The summed E-state index contributed by atoms with van der Waals surface area (Å²) in [5.74, 6) is -0.0636. The summed E-state index contributed by atoms with van der Waals surface area (Å²) in [5.41, 5.74) is 1.90. The van der Waals surface area contributed by atoms with Crippen LogP contribution in [0.25, 0.3) is 0 Å². The molecule has 0 saturated heterocycles. The number of hydrogen-bond donors (Lipinski definition) is 2. The van der Waals surface area contributed by atoms with Crippen LogP contribution in [-0.4, -0.2) is 22.6 Å². The van der Waals surface area contributed by atoms with Crippen molar-refractivity contribution < 1.29 is 9.90 Å². The van der Waals surface area contributed by atoms with Gasteiger partial charge >= 0.3 is 0 Å². The monoisotopic (exact) mass is 229 g/mol. The molecule has 0 aliphatic rings. The second kappa shape index (κ2) is 7.40. The van der Waals surface area contributed by atoms with E-state index in [9.17, 15) is 9.90 Å². The smallest absolute Gasteiger partial charge is 0.216 e. The number of aliphatic hydroxyl groups excluding tert-OH is 1. The van der Waals surface area contributed by atoms with Gasteiger partial charge in [-0.1, -0.05) is 18.9 Å². The van der Waals surface area contributed by atoms with Crippen molar-refractivity contribution in [1.82, 2.24) is 5.32 Å². The largest absolute Gasteiger partial charge is 0.499 e. The number of thiocarbonyl (C=S) groups is 1. The summed E-state index contributed by atoms with van der Waals surface area (Å²) in [5, 5.41) is 12.0. The Hall–Kier alpha value is -0.900. The Morgan fingerprint density at radius 1 is 1.33 bits per heavy atom. The first-order valence-corrected chi connectivity index (χ1v) is 5.56. The highest BCUT2D eigenvalue weighted by Crippen LogP contribution is 2.14. The fraction of sp³-hybridized carbons (Fsp3) is 0.636. The van der Waals surface area contributed by atoms with E-state index in [0.29, 0.717) is 13.0 Å². The number of amides is 1. The molecule has 2 N–H and O–H groups in total. The van der Waals surface area contributed by atoms with E-state index >= 15 is 0 Å². The van der Waals surface area contributed by atoms with Crippen LogP contribution in [0.3, 0.4) is 0 Å². The Balaban J connectivity index is 4.34. The molecule has 0 saturated carbocycles. The fourth-order valence-corrected chi connectivity index (χ4v) is 1.67. The van der Waals surface area contributed by atoms with E-state index in [1.807, 2.05) is 6.92 Å². The van der Waals surface area contributed by atoms with Crippen LogP contribution in [0.4, 0.5) is 0 Å². The molecule has 0 aromatic rings. The van der Waals surface area contributed by atoms with E-state index in [1.54, 1.807) is 0 Å². The van der Waals surface area contributed by atoms with Gasteiger partial charge in [-0.15, -0.1) is 0 Å². The predicted molar refractivity (Wildman–Crippen MR) is 66.1 cm³/mol. The molecule has 4 heteroatoms. The quantitative estimate of drug-likeness (QED) is 0.543. The van der Waals surface area contributed by atoms with Gasteiger partial charge in [0.1, 0.15) is 0 Å². The zero-order valence-electron chi connectivity index (χ0n) is 9.59. The Morgan fingerprint density at radius 3 is 2.33 bits per heavy atom. The van der Waals surface area contributed by atoms with Crippen LogP contribution in [0, 0.1) is 0 Å². The Morgan fingerprint density at radius 2 is 1.93 bits per heavy atom. The zero-order chi connectivity index (χ0) is 11.8. The van der Waals surface area contributed by atoms with Gasteiger partial charge in [-0.25, -0.2) is 0 Å². The maximum absolute atomic E-state index is 10.7. The normalized spacial score (nSPS) is 11.9. The second-order valence-electron chi connectivity index (χ2n) is 3.55. The van der Waals surface area contributed by atoms with Crippen LogP contribution in [-0.2, 0) is 4.79 Å². The minimum atomic E-state index is -0.0636. The fourth-order valence-electron chi connectivity index (χ4n) is 1.39. The third kappa shape index (κ3) is 6.23. The lowest BCUT2D eigenvalue weighted by Gasteiger charge is -2.09. The number of rotatable bonds is 6. The molecule has 0 rings (SSSR count). The maximum atomic E-state index is 10.7. The number of nitrogens with one attached hydrogen (secondary N) is 1. The van der Waals surface area contributed by atoms with Crippen molar-refractivity contribution in [1.29, 1.82) is 0 Å². The highest BCUT2D eigenvalue weighted by molar-refractivity contribution is 7.80. The van der Waals surface area contributed by atoms with Gasteiger partial charge in [0.05, 0.1) is 0 Å². The number of aliphatic hydroxyl groups is 1. The van der Waals surface area contributed by atoms with Crippen molar-refractivity contribution in [2.75, 3.05) is 6.54 Å². The van der Waals surface area contributed by atoms with Gasteiger partial charge in [-0.05, 0) is 32.0 Å². The van der Waals surface area contributed by atoms with E-state index in [2.05, 4.69) is 12.2 Å². The van der Waals surface area contributed by atoms with Gasteiger partial charge < -0.3 is 10.4 Å². The molecule has 0 aliphatic carbocycles. The molecule has 0 aromatic heterocycles. The predicted octanol–water partition coefficient (Wildman–Crippen LogP) is 2.51. The number of hydrogen-bond acceptors (Lipinski definition) is 2. The van der Waals surface area contributed by atoms with Crippen LogP contribution in [0.1, 0.15) is 40.0 Å². The lowest BCUT2D eigenvalue weighted by molar-refractivity contribution is -0.118. The van der Waals surface area contributed by atoms with E-state index in [0.717, 1.165) is 24.0 Å². The third-order valence-corrected chi connectivity index (χ3v) is 2.39. The molecular weight excluding hydrogens is 210 g/mol. The maximum Gasteiger partial charge on any atom is 0.216 e. The molecule has 0 atom stereocenters. The molecule has 0 aromatic carbocycles. The van der Waals surface area contributed by atoms with Crippen LogP contribution in [0.15, 0.2) is 11.1 Å². The van der Waals surface area contributed by atoms with Gasteiger partial charge in [0.15, 0.2) is 5.05 Å². The summed E-state index contributed by atoms with van der Waals surface area (Å²) in [6, 6.07) is 0. The summed E-state index contributed by atoms with van der Waals surface area (Å²) < 4.78 is 0. The minimum Gasteiger partial charge on any atom is -0.499 e. The standard InChI is InChI=1S/C11H19NO2S/c1-4-5-8(2)10(11(14)15)6-7-12-9(3)13/h4-7H2,1-3H3,(H,12,13)(H,14,15)/b10-8+. The summed E-state index contributed by atoms with van der Waals surface area (Å²) in [7, 11) is 0. The van der Waals surface area contributed by atoms with Crippen molar-refractivity contribution in [3.63, 3.8) is 0 Å². The van der Waals surface area contributed by atoms with Gasteiger partial charge in [0.25, 0.3) is 0 Å². The van der Waals surface area contributed by atoms with E-state index < -0.39 is 0 Å². The lowest BCUT2D eigenvalue weighted by Crippen LogP contribution is -2.22. The molecule has 86 valence electrons. The topological polar surface area (TPSA) is 49.3 Å². The first-order chi connectivity index (χ1) is 6.99. The van der Waals surface area contributed by atoms with Crippen LogP contribution >= 0.6 is 12.2 Å². The number of carbonyl (C=O) groups excluding carboxylic acids is 1. The van der Waals surface area contributed by atoms with Gasteiger partial charge in [0.2, 0.25) is 5.91 Å². The zero-order valence-corrected chi connectivity index (χ0v) is 10.4. The Bertz CT molecular complexity index is 272. The summed E-state index contributed by atoms with van der Waals surface area (Å²) in [6.07, 6.45) is 2.55. The van der Waals surface area contributed by atoms with E-state index in [-0.39, 0.29) is 11.0 Å². The summed E-state index contributed by atoms with van der Waals surface area (Å²) >= 11 is 4.77. The molecule has 0 aliphatic heterocycles. The first kappa shape index (κ1) is 14.1. The molecule has 0 radical (unpaired) electrons. The van der Waals surface area contributed by atoms with Crippen LogP contribution in [0.5, 0.6) is 0 Å². The van der Waals surface area contributed by atoms with Gasteiger partial charge in [-0.3, -0.25) is 4.79 Å². The highest BCUT2D eigenvalue weighted by Gasteiger charge is 2.07. The first-order valence-electron chi connectivity index (χ1n) is 5.15. The second-order valence-corrected chi connectivity index (χ2v) is 3.93. The minimum absolute atomic E-state index is 0.0497. The lowest BCUT2D eigenvalue weighted by atomic mass is 10.0. The molecular formula is C11H19NO2S. The molecule has 0 bridgehead atoms. The molecule has 3 nitrogen and oxygen atoms in total. The van der Waals surface area contributed by atoms with Crippen LogP contribution in [0.2, 0.25) is 0 Å². The molecule has 0 heterocycles. The average Bonchev–Trinajstić information content (AvgIpc) is 2.11. The summed E-state index contributed by atoms with van der Waals surface area (Å²) in [4.78, 5) is 10.7. The number of carbonyl (C=O) groups is 1. The summed E-state index contributed by atoms with van der Waals surface area (Å²) in [6.45, 7) is 6.04. The molecule has 0 unspecified atom stereocenters. The Labute approximate surface area is 96.6 Å². The molecule has 0 fully saturated rings. The van der Waals surface area contributed by atoms with Crippen molar-refractivity contribution in [3.8, 4) is 0 Å². The average molecular weight is 229 g/mol. The molecule has 15 heavy (non-hydrogen) atoms. The highest BCUT2D eigenvalue weighted by atomic mass is 32.1. The molecule has 0 spiro atoms. The van der Waals surface area contributed by atoms with Crippen molar-refractivity contribution in [2.45, 2.75) is 40.0 Å². The molecule has 1 amide bonds. The third-order valence-electron chi connectivity index (χ3n) is 2.15. The SMILES string of the molecule is CCC/C(C)=C(\CCNC(C)=O)C(O)=S. The van der Waals surface area contributed by atoms with Crippen LogP contribution < -0.4 is 5.32 Å². The number of allylic oxidation sites excluding steroid dienone is 1. The van der Waals surface area contributed by atoms with Crippen molar-refractivity contribution in [2.24, 2.45) is 0 Å². The Kier molecular flexibility index (Phi) is 6.96. The van der Waals surface area contributed by atoms with Gasteiger partial charge in [0, 0.05) is 19.0 Å². The van der Waals surface area contributed by atoms with Gasteiger partial charge in [-0.2, -0.15) is 0 Å².